The highest BCUT2D eigenvalue weighted by molar-refractivity contribution is 7.80. The number of benzene rings is 2. The first-order chi connectivity index (χ1) is 12.0. The van der Waals surface area contributed by atoms with Crippen LogP contribution in [0.4, 0.5) is 0 Å². The van der Waals surface area contributed by atoms with Crippen LogP contribution in [0.2, 0.25) is 0 Å². The molecule has 6 nitrogen and oxygen atoms in total. The fourth-order valence-electron chi connectivity index (χ4n) is 2.06. The Morgan fingerprint density at radius 1 is 1.12 bits per heavy atom. The Balaban J connectivity index is 1.88. The average molecular weight is 358 g/mol. The van der Waals surface area contributed by atoms with E-state index in [4.69, 9.17) is 22.1 Å². The van der Waals surface area contributed by atoms with Gasteiger partial charge in [0.15, 0.2) is 5.11 Å². The molecule has 0 aliphatic heterocycles. The third-order valence-corrected chi connectivity index (χ3v) is 3.53. The molecule has 2 aromatic rings. The summed E-state index contributed by atoms with van der Waals surface area (Å²) in [6.45, 7) is 2.76. The van der Waals surface area contributed by atoms with Crippen molar-refractivity contribution in [2.75, 3.05) is 6.61 Å². The minimum Gasteiger partial charge on any atom is -0.494 e. The van der Waals surface area contributed by atoms with Gasteiger partial charge in [0.25, 0.3) is 5.91 Å². The van der Waals surface area contributed by atoms with E-state index in [9.17, 15) is 9.59 Å². The lowest BCUT2D eigenvalue weighted by molar-refractivity contribution is 0.0696. The van der Waals surface area contributed by atoms with E-state index >= 15 is 0 Å². The quantitative estimate of drug-likeness (QED) is 0.688. The molecular formula is C18H18N2O4S. The van der Waals surface area contributed by atoms with E-state index in [0.717, 1.165) is 5.56 Å². The minimum absolute atomic E-state index is 0.189. The third-order valence-electron chi connectivity index (χ3n) is 3.29. The topological polar surface area (TPSA) is 87.7 Å². The van der Waals surface area contributed by atoms with Crippen molar-refractivity contribution in [3.63, 3.8) is 0 Å². The summed E-state index contributed by atoms with van der Waals surface area (Å²) >= 11 is 5.11. The second kappa shape index (κ2) is 8.79. The van der Waals surface area contributed by atoms with Crippen LogP contribution in [0.5, 0.6) is 5.75 Å². The normalized spacial score (nSPS) is 9.96. The number of carbonyl (C=O) groups is 2. The molecule has 0 fully saturated rings. The molecule has 0 bridgehead atoms. The van der Waals surface area contributed by atoms with E-state index in [2.05, 4.69) is 10.6 Å². The zero-order valence-corrected chi connectivity index (χ0v) is 14.4. The van der Waals surface area contributed by atoms with E-state index in [-0.39, 0.29) is 16.6 Å². The summed E-state index contributed by atoms with van der Waals surface area (Å²) in [4.78, 5) is 23.0. The molecule has 0 aliphatic rings. The number of carbonyl (C=O) groups excluding carboxylic acids is 1. The number of aromatic carboxylic acids is 1. The number of carboxylic acids is 1. The van der Waals surface area contributed by atoms with E-state index in [1.807, 2.05) is 6.92 Å². The standard InChI is InChI=1S/C18H18N2O4S/c1-2-24-15-5-3-4-14(10-15)16(21)20-18(25)19-11-12-6-8-13(9-7-12)17(22)23/h3-10H,2,11H2,1H3,(H,22,23)(H2,19,20,21,25). The average Bonchev–Trinajstić information content (AvgIpc) is 2.61. The third kappa shape index (κ3) is 5.58. The lowest BCUT2D eigenvalue weighted by Gasteiger charge is -2.10. The van der Waals surface area contributed by atoms with Crippen LogP contribution in [-0.2, 0) is 6.54 Å². The minimum atomic E-state index is -0.975. The first-order valence-corrected chi connectivity index (χ1v) is 8.04. The van der Waals surface area contributed by atoms with Crippen LogP contribution in [0, 0.1) is 0 Å². The summed E-state index contributed by atoms with van der Waals surface area (Å²) in [5.74, 6) is -0.690. The van der Waals surface area contributed by atoms with Crippen molar-refractivity contribution < 1.29 is 19.4 Å². The van der Waals surface area contributed by atoms with Crippen molar-refractivity contribution >= 4 is 29.2 Å². The van der Waals surface area contributed by atoms with Crippen molar-refractivity contribution in [3.05, 3.63) is 65.2 Å². The maximum absolute atomic E-state index is 12.2. The van der Waals surface area contributed by atoms with E-state index in [1.165, 1.54) is 12.1 Å². The number of carboxylic acid groups (broad SMARTS) is 1. The van der Waals surface area contributed by atoms with Crippen molar-refractivity contribution in [2.45, 2.75) is 13.5 Å². The Hall–Kier alpha value is -2.93. The highest BCUT2D eigenvalue weighted by Gasteiger charge is 2.09. The Morgan fingerprint density at radius 2 is 1.84 bits per heavy atom. The van der Waals surface area contributed by atoms with Gasteiger partial charge < -0.3 is 15.2 Å². The molecule has 0 unspecified atom stereocenters. The number of thiocarbonyl (C=S) groups is 1. The van der Waals surface area contributed by atoms with E-state index in [1.54, 1.807) is 36.4 Å². The zero-order valence-electron chi connectivity index (χ0n) is 13.6. The van der Waals surface area contributed by atoms with Gasteiger partial charge in [-0.15, -0.1) is 0 Å². The molecule has 130 valence electrons. The smallest absolute Gasteiger partial charge is 0.335 e. The Labute approximate surface area is 150 Å². The maximum atomic E-state index is 12.2. The van der Waals surface area contributed by atoms with Gasteiger partial charge >= 0.3 is 5.97 Å². The number of hydrogen-bond donors (Lipinski definition) is 3. The van der Waals surface area contributed by atoms with Crippen molar-refractivity contribution in [3.8, 4) is 5.75 Å². The number of ether oxygens (including phenoxy) is 1. The molecule has 0 heterocycles. The van der Waals surface area contributed by atoms with Crippen molar-refractivity contribution in [1.29, 1.82) is 0 Å². The SMILES string of the molecule is CCOc1cccc(C(=O)NC(=S)NCc2ccc(C(=O)O)cc2)c1. The molecule has 3 N–H and O–H groups in total. The summed E-state index contributed by atoms with van der Waals surface area (Å²) in [6, 6.07) is 13.2. The van der Waals surface area contributed by atoms with Gasteiger partial charge in [-0.1, -0.05) is 18.2 Å². The van der Waals surface area contributed by atoms with Gasteiger partial charge in [0, 0.05) is 12.1 Å². The molecule has 0 radical (unpaired) electrons. The number of nitrogens with one attached hydrogen (secondary N) is 2. The monoisotopic (exact) mass is 358 g/mol. The number of hydrogen-bond acceptors (Lipinski definition) is 4. The van der Waals surface area contributed by atoms with Gasteiger partial charge in [-0.3, -0.25) is 10.1 Å². The molecule has 25 heavy (non-hydrogen) atoms. The van der Waals surface area contributed by atoms with E-state index < -0.39 is 5.97 Å². The van der Waals surface area contributed by atoms with Crippen LogP contribution in [0.15, 0.2) is 48.5 Å². The van der Waals surface area contributed by atoms with Crippen LogP contribution in [0.1, 0.15) is 33.2 Å². The van der Waals surface area contributed by atoms with E-state index in [0.29, 0.717) is 24.5 Å². The number of amides is 1. The van der Waals surface area contributed by atoms with Gasteiger partial charge in [0.2, 0.25) is 0 Å². The van der Waals surface area contributed by atoms with Gasteiger partial charge in [-0.05, 0) is 55.0 Å². The largest absolute Gasteiger partial charge is 0.494 e. The van der Waals surface area contributed by atoms with Crippen LogP contribution in [0.25, 0.3) is 0 Å². The summed E-state index contributed by atoms with van der Waals surface area (Å²) < 4.78 is 5.36. The molecule has 2 aromatic carbocycles. The molecule has 7 heteroatoms. The van der Waals surface area contributed by atoms with Crippen molar-refractivity contribution in [2.24, 2.45) is 0 Å². The molecule has 0 saturated heterocycles. The van der Waals surface area contributed by atoms with Gasteiger partial charge in [0.1, 0.15) is 5.75 Å². The summed E-state index contributed by atoms with van der Waals surface area (Å²) in [7, 11) is 0. The molecule has 0 aromatic heterocycles. The molecular weight excluding hydrogens is 340 g/mol. The second-order valence-corrected chi connectivity index (χ2v) is 5.51. The van der Waals surface area contributed by atoms with Gasteiger partial charge in [-0.25, -0.2) is 4.79 Å². The van der Waals surface area contributed by atoms with Gasteiger partial charge in [-0.2, -0.15) is 0 Å². The van der Waals surface area contributed by atoms with Crippen LogP contribution < -0.4 is 15.4 Å². The fourth-order valence-corrected chi connectivity index (χ4v) is 2.23. The molecule has 0 spiro atoms. The Kier molecular flexibility index (Phi) is 6.47. The number of rotatable bonds is 6. The Bertz CT molecular complexity index is 775. The zero-order chi connectivity index (χ0) is 18.2. The van der Waals surface area contributed by atoms with Crippen LogP contribution in [-0.4, -0.2) is 28.7 Å². The molecule has 0 aliphatic carbocycles. The molecule has 2 rings (SSSR count). The predicted molar refractivity (Wildman–Crippen MR) is 97.9 cm³/mol. The molecule has 0 atom stereocenters. The lowest BCUT2D eigenvalue weighted by Crippen LogP contribution is -2.38. The maximum Gasteiger partial charge on any atom is 0.335 e. The molecule has 0 saturated carbocycles. The van der Waals surface area contributed by atoms with Crippen LogP contribution >= 0.6 is 12.2 Å². The first-order valence-electron chi connectivity index (χ1n) is 7.64. The summed E-state index contributed by atoms with van der Waals surface area (Å²) in [5, 5.41) is 14.6. The van der Waals surface area contributed by atoms with Gasteiger partial charge in [0.05, 0.1) is 12.2 Å². The first kappa shape index (κ1) is 18.4. The van der Waals surface area contributed by atoms with Crippen molar-refractivity contribution in [1.82, 2.24) is 10.6 Å². The highest BCUT2D eigenvalue weighted by Crippen LogP contribution is 2.13. The lowest BCUT2D eigenvalue weighted by atomic mass is 10.1. The van der Waals surface area contributed by atoms with Crippen LogP contribution in [0.3, 0.4) is 0 Å². The predicted octanol–water partition coefficient (Wildman–Crippen LogP) is 2.59. The second-order valence-electron chi connectivity index (χ2n) is 5.10. The molecule has 1 amide bonds. The highest BCUT2D eigenvalue weighted by atomic mass is 32.1. The summed E-state index contributed by atoms with van der Waals surface area (Å²) in [5.41, 5.74) is 1.51. The Morgan fingerprint density at radius 3 is 2.48 bits per heavy atom. The fraction of sp³-hybridized carbons (Fsp3) is 0.167. The summed E-state index contributed by atoms with van der Waals surface area (Å²) in [6.07, 6.45) is 0.